The quantitative estimate of drug-likeness (QED) is 0.708. The van der Waals surface area contributed by atoms with Crippen molar-refractivity contribution >= 4 is 11.8 Å². The molecule has 7 heteroatoms. The van der Waals surface area contributed by atoms with Crippen molar-refractivity contribution in [2.24, 2.45) is 17.8 Å². The Balaban J connectivity index is 1.57. The number of likely N-dealkylation sites (tertiary alicyclic amines) is 1. The largest absolute Gasteiger partial charge is 0.396 e. The highest BCUT2D eigenvalue weighted by atomic mass is 16.3. The van der Waals surface area contributed by atoms with Gasteiger partial charge in [-0.25, -0.2) is 0 Å². The van der Waals surface area contributed by atoms with Gasteiger partial charge >= 0.3 is 0 Å². The maximum atomic E-state index is 13.6. The van der Waals surface area contributed by atoms with Crippen LogP contribution < -0.4 is 10.9 Å². The summed E-state index contributed by atoms with van der Waals surface area (Å²) in [5.74, 6) is -0.871. The topological polar surface area (TPSA) is 91.6 Å². The highest BCUT2D eigenvalue weighted by molar-refractivity contribution is 5.90. The van der Waals surface area contributed by atoms with E-state index in [4.69, 9.17) is 0 Å². The van der Waals surface area contributed by atoms with E-state index in [9.17, 15) is 19.5 Å². The Kier molecular flexibility index (Phi) is 5.83. The fourth-order valence-electron chi connectivity index (χ4n) is 5.79. The summed E-state index contributed by atoms with van der Waals surface area (Å²) in [6, 6.07) is 12.2. The van der Waals surface area contributed by atoms with E-state index < -0.39 is 12.0 Å². The molecule has 2 fully saturated rings. The molecule has 2 aromatic rings. The maximum Gasteiger partial charge on any atom is 0.258 e. The summed E-state index contributed by atoms with van der Waals surface area (Å²) in [5, 5.41) is 13.3. The number of hydrogen-bond acceptors (Lipinski definition) is 4. The zero-order chi connectivity index (χ0) is 23.1. The number of aromatic nitrogens is 1. The first-order chi connectivity index (χ1) is 16.1. The molecule has 0 radical (unpaired) electrons. The van der Waals surface area contributed by atoms with Crippen molar-refractivity contribution in [2.45, 2.75) is 51.2 Å². The molecule has 1 aromatic heterocycles. The molecule has 0 bridgehead atoms. The summed E-state index contributed by atoms with van der Waals surface area (Å²) >= 11 is 0. The van der Waals surface area contributed by atoms with Crippen molar-refractivity contribution in [3.63, 3.8) is 0 Å². The Labute approximate surface area is 193 Å². The molecule has 0 unspecified atom stereocenters. The molecule has 1 aromatic carbocycles. The molecular formula is C26H31N3O4. The van der Waals surface area contributed by atoms with Gasteiger partial charge in [-0.3, -0.25) is 14.4 Å². The van der Waals surface area contributed by atoms with Gasteiger partial charge in [-0.2, -0.15) is 0 Å². The number of benzene rings is 1. The fourth-order valence-corrected chi connectivity index (χ4v) is 5.79. The van der Waals surface area contributed by atoms with Crippen LogP contribution in [-0.2, 0) is 16.1 Å². The third kappa shape index (κ3) is 3.50. The van der Waals surface area contributed by atoms with E-state index in [2.05, 4.69) is 5.32 Å². The molecule has 174 valence electrons. The summed E-state index contributed by atoms with van der Waals surface area (Å²) in [4.78, 5) is 41.9. The van der Waals surface area contributed by atoms with Gasteiger partial charge in [0.05, 0.1) is 6.04 Å². The summed E-state index contributed by atoms with van der Waals surface area (Å²) in [7, 11) is 0. The monoisotopic (exact) mass is 449 g/mol. The summed E-state index contributed by atoms with van der Waals surface area (Å²) < 4.78 is 1.75. The summed E-state index contributed by atoms with van der Waals surface area (Å²) in [5.41, 5.74) is 2.15. The Morgan fingerprint density at radius 3 is 2.52 bits per heavy atom. The van der Waals surface area contributed by atoms with Gasteiger partial charge in [0.25, 0.3) is 5.56 Å². The molecule has 7 nitrogen and oxygen atoms in total. The lowest BCUT2D eigenvalue weighted by molar-refractivity contribution is -0.147. The molecule has 3 heterocycles. The van der Waals surface area contributed by atoms with Gasteiger partial charge < -0.3 is 19.9 Å². The van der Waals surface area contributed by atoms with Gasteiger partial charge in [0.2, 0.25) is 11.8 Å². The molecule has 4 atom stereocenters. The number of aliphatic hydroxyl groups is 1. The maximum absolute atomic E-state index is 13.6. The van der Waals surface area contributed by atoms with Crippen LogP contribution in [0.4, 0.5) is 0 Å². The van der Waals surface area contributed by atoms with Gasteiger partial charge in [0.1, 0.15) is 6.04 Å². The standard InChI is InChI=1S/C26H31N3O4/c1-2-13-27-24(31)23-20(15-30)19-14-28-21(22(19)29(23)25(32)17-9-6-10-17)12-11-18(26(28)33)16-7-4-3-5-8-16/h3-5,7-8,11-12,17,19-20,22-23,30H,2,6,9-10,13-15H2,1H3,(H,27,31)/t19-,20-,22+,23-/m0/s1. The van der Waals surface area contributed by atoms with Gasteiger partial charge in [-0.1, -0.05) is 43.7 Å². The minimum absolute atomic E-state index is 0.0168. The Morgan fingerprint density at radius 2 is 1.88 bits per heavy atom. The Morgan fingerprint density at radius 1 is 1.12 bits per heavy atom. The van der Waals surface area contributed by atoms with Crippen LogP contribution in [0.25, 0.3) is 11.1 Å². The predicted molar refractivity (Wildman–Crippen MR) is 124 cm³/mol. The highest BCUT2D eigenvalue weighted by Gasteiger charge is 2.58. The molecule has 2 amide bonds. The number of hydrogen-bond donors (Lipinski definition) is 2. The van der Waals surface area contributed by atoms with Crippen molar-refractivity contribution in [1.82, 2.24) is 14.8 Å². The number of nitrogens with one attached hydrogen (secondary N) is 1. The van der Waals surface area contributed by atoms with Crippen molar-refractivity contribution in [3.8, 4) is 11.1 Å². The fraction of sp³-hybridized carbons (Fsp3) is 0.500. The lowest BCUT2D eigenvalue weighted by Gasteiger charge is -2.36. The number of carbonyl (C=O) groups is 2. The lowest BCUT2D eigenvalue weighted by atomic mass is 9.84. The van der Waals surface area contributed by atoms with E-state index in [1.807, 2.05) is 49.4 Å². The first kappa shape index (κ1) is 21.9. The zero-order valence-electron chi connectivity index (χ0n) is 18.9. The van der Waals surface area contributed by atoms with Gasteiger partial charge in [-0.15, -0.1) is 0 Å². The predicted octanol–water partition coefficient (Wildman–Crippen LogP) is 2.33. The van der Waals surface area contributed by atoms with Gasteiger partial charge in [0, 0.05) is 48.7 Å². The van der Waals surface area contributed by atoms with Crippen molar-refractivity contribution < 1.29 is 14.7 Å². The van der Waals surface area contributed by atoms with Crippen LogP contribution in [-0.4, -0.2) is 45.6 Å². The molecule has 1 aliphatic carbocycles. The van der Waals surface area contributed by atoms with E-state index in [-0.39, 0.29) is 41.9 Å². The third-order valence-electron chi connectivity index (χ3n) is 7.69. The van der Waals surface area contributed by atoms with E-state index in [1.54, 1.807) is 9.47 Å². The van der Waals surface area contributed by atoms with E-state index in [0.29, 0.717) is 18.7 Å². The molecule has 0 spiro atoms. The van der Waals surface area contributed by atoms with Gasteiger partial charge in [0.15, 0.2) is 0 Å². The van der Waals surface area contributed by atoms with Crippen LogP contribution in [0.5, 0.6) is 0 Å². The molecule has 2 N–H and O–H groups in total. The van der Waals surface area contributed by atoms with Crippen LogP contribution in [0.3, 0.4) is 0 Å². The van der Waals surface area contributed by atoms with Gasteiger partial charge in [-0.05, 0) is 37.0 Å². The summed E-state index contributed by atoms with van der Waals surface area (Å²) in [6.07, 6.45) is 3.48. The molecule has 1 saturated carbocycles. The van der Waals surface area contributed by atoms with E-state index in [1.165, 1.54) is 0 Å². The average Bonchev–Trinajstić information content (AvgIpc) is 3.32. The minimum Gasteiger partial charge on any atom is -0.396 e. The SMILES string of the molecule is CCCNC(=O)[C@@H]1[C@@H](CO)[C@@H]2Cn3c(ccc(-c4ccccc4)c3=O)[C@@H]2N1C(=O)C1CCC1. The van der Waals surface area contributed by atoms with Crippen LogP contribution >= 0.6 is 0 Å². The minimum atomic E-state index is -0.706. The number of amides is 2. The number of aliphatic hydroxyl groups excluding tert-OH is 1. The highest BCUT2D eigenvalue weighted by Crippen LogP contribution is 2.50. The average molecular weight is 450 g/mol. The van der Waals surface area contributed by atoms with Crippen molar-refractivity contribution in [3.05, 3.63) is 58.5 Å². The second kappa shape index (κ2) is 8.78. The summed E-state index contributed by atoms with van der Waals surface area (Å²) in [6.45, 7) is 2.72. The number of fused-ring (bicyclic) bond motifs is 3. The molecule has 1 saturated heterocycles. The number of carbonyl (C=O) groups excluding carboxylic acids is 2. The van der Waals surface area contributed by atoms with E-state index in [0.717, 1.165) is 36.9 Å². The first-order valence-corrected chi connectivity index (χ1v) is 12.1. The van der Waals surface area contributed by atoms with Crippen LogP contribution in [0, 0.1) is 17.8 Å². The number of rotatable bonds is 6. The van der Waals surface area contributed by atoms with Crippen molar-refractivity contribution in [2.75, 3.05) is 13.2 Å². The molecular weight excluding hydrogens is 418 g/mol. The first-order valence-electron chi connectivity index (χ1n) is 12.1. The molecule has 3 aliphatic rings. The molecule has 5 rings (SSSR count). The van der Waals surface area contributed by atoms with E-state index >= 15 is 0 Å². The normalized spacial score (nSPS) is 25.9. The number of nitrogens with zero attached hydrogens (tertiary/aromatic N) is 2. The third-order valence-corrected chi connectivity index (χ3v) is 7.69. The van der Waals surface area contributed by atoms with Crippen LogP contribution in [0.1, 0.15) is 44.3 Å². The second-order valence-electron chi connectivity index (χ2n) is 9.52. The van der Waals surface area contributed by atoms with Crippen LogP contribution in [0.15, 0.2) is 47.3 Å². The molecule has 33 heavy (non-hydrogen) atoms. The lowest BCUT2D eigenvalue weighted by Crippen LogP contribution is -2.52. The smallest absolute Gasteiger partial charge is 0.258 e. The number of pyridine rings is 1. The zero-order valence-corrected chi connectivity index (χ0v) is 18.9. The Bertz CT molecular complexity index is 1110. The van der Waals surface area contributed by atoms with Crippen molar-refractivity contribution in [1.29, 1.82) is 0 Å². The Hall–Kier alpha value is -2.93. The second-order valence-corrected chi connectivity index (χ2v) is 9.52. The van der Waals surface area contributed by atoms with Crippen LogP contribution in [0.2, 0.25) is 0 Å². The molecule has 2 aliphatic heterocycles.